The molecule has 1 nitrogen and oxygen atoms in total. The Balaban J connectivity index is 1.17. The van der Waals surface area contributed by atoms with Gasteiger partial charge in [-0.1, -0.05) is 129 Å². The van der Waals surface area contributed by atoms with Gasteiger partial charge >= 0.3 is 0 Å². The zero-order chi connectivity index (χ0) is 26.5. The molecule has 6 aromatic carbocycles. The first-order valence-corrected chi connectivity index (χ1v) is 16.3. The molecule has 2 aliphatic rings. The maximum atomic E-state index is 2.69. The lowest BCUT2D eigenvalue weighted by atomic mass is 9.88. The molecule has 0 atom stereocenters. The van der Waals surface area contributed by atoms with E-state index in [1.807, 2.05) is 0 Å². The van der Waals surface area contributed by atoms with Crippen LogP contribution in [0.5, 0.6) is 0 Å². The van der Waals surface area contributed by atoms with Crippen molar-refractivity contribution in [3.63, 3.8) is 0 Å². The molecule has 2 heterocycles. The summed E-state index contributed by atoms with van der Waals surface area (Å²) in [6, 6.07) is 45.5. The monoisotopic (exact) mass is 533 g/mol. The smallest absolute Gasteiger partial charge is 0.0243 e. The maximum Gasteiger partial charge on any atom is 0.0243 e. The third-order valence-electron chi connectivity index (χ3n) is 8.91. The predicted octanol–water partition coefficient (Wildman–Crippen LogP) is 9.84. The summed E-state index contributed by atoms with van der Waals surface area (Å²) in [5, 5.41) is 5.48. The first-order valence-electron chi connectivity index (χ1n) is 14.4. The third kappa shape index (κ3) is 4.17. The Bertz CT molecular complexity index is 1750. The summed E-state index contributed by atoms with van der Waals surface area (Å²) in [5.41, 5.74) is 11.7. The lowest BCUT2D eigenvalue weighted by molar-refractivity contribution is 0.276. The summed E-state index contributed by atoms with van der Waals surface area (Å²) in [6.07, 6.45) is 3.65. The highest BCUT2D eigenvalue weighted by Crippen LogP contribution is 2.53. The topological polar surface area (TPSA) is 3.24 Å². The van der Waals surface area contributed by atoms with Crippen LogP contribution in [-0.2, 0) is 25.4 Å². The van der Waals surface area contributed by atoms with E-state index in [-0.39, 0.29) is 7.92 Å². The molecule has 2 heteroatoms. The van der Waals surface area contributed by atoms with Gasteiger partial charge < -0.3 is 0 Å². The number of hydrogen-bond acceptors (Lipinski definition) is 1. The van der Waals surface area contributed by atoms with E-state index in [0.29, 0.717) is 0 Å². The van der Waals surface area contributed by atoms with Gasteiger partial charge in [-0.15, -0.1) is 0 Å². The van der Waals surface area contributed by atoms with Crippen LogP contribution in [0.1, 0.15) is 22.3 Å². The molecule has 0 aliphatic carbocycles. The van der Waals surface area contributed by atoms with Crippen molar-refractivity contribution >= 4 is 29.5 Å². The van der Waals surface area contributed by atoms with Gasteiger partial charge in [0.2, 0.25) is 0 Å². The van der Waals surface area contributed by atoms with Gasteiger partial charge in [-0.05, 0) is 84.5 Å². The van der Waals surface area contributed by atoms with E-state index < -0.39 is 0 Å². The molecule has 2 aliphatic heterocycles. The van der Waals surface area contributed by atoms with Crippen LogP contribution in [0.4, 0.5) is 0 Å². The van der Waals surface area contributed by atoms with Crippen LogP contribution in [0.3, 0.4) is 0 Å². The van der Waals surface area contributed by atoms with Crippen LogP contribution in [0.25, 0.3) is 43.8 Å². The number of benzene rings is 6. The van der Waals surface area contributed by atoms with Gasteiger partial charge in [0.1, 0.15) is 0 Å². The van der Waals surface area contributed by atoms with Gasteiger partial charge in [-0.2, -0.15) is 0 Å². The van der Waals surface area contributed by atoms with Crippen molar-refractivity contribution in [2.75, 3.05) is 12.7 Å². The molecular formula is C38H32NP. The van der Waals surface area contributed by atoms with Crippen molar-refractivity contribution in [3.8, 4) is 22.3 Å². The molecule has 0 saturated carbocycles. The van der Waals surface area contributed by atoms with Gasteiger partial charge in [0.25, 0.3) is 0 Å². The fraction of sp³-hybridized carbons (Fsp3) is 0.158. The molecule has 194 valence electrons. The van der Waals surface area contributed by atoms with Gasteiger partial charge in [0.05, 0.1) is 0 Å². The molecular weight excluding hydrogens is 501 g/mol. The van der Waals surface area contributed by atoms with E-state index in [4.69, 9.17) is 0 Å². The molecule has 8 rings (SSSR count). The van der Waals surface area contributed by atoms with E-state index in [2.05, 4.69) is 126 Å². The first kappa shape index (κ1) is 24.1. The van der Waals surface area contributed by atoms with Crippen molar-refractivity contribution in [1.29, 1.82) is 0 Å². The van der Waals surface area contributed by atoms with Crippen molar-refractivity contribution in [1.82, 2.24) is 4.90 Å². The maximum absolute atomic E-state index is 2.69. The zero-order valence-corrected chi connectivity index (χ0v) is 23.6. The molecule has 6 aromatic rings. The quantitative estimate of drug-likeness (QED) is 0.205. The largest absolute Gasteiger partial charge is 0.294 e. The second kappa shape index (κ2) is 10.0. The van der Waals surface area contributed by atoms with Crippen LogP contribution < -0.4 is 0 Å². The normalized spacial score (nSPS) is 15.1. The molecule has 0 N–H and O–H groups in total. The molecule has 0 radical (unpaired) electrons. The van der Waals surface area contributed by atoms with Crippen molar-refractivity contribution in [2.45, 2.75) is 25.4 Å². The zero-order valence-electron chi connectivity index (χ0n) is 22.7. The minimum Gasteiger partial charge on any atom is -0.294 e. The lowest BCUT2D eigenvalue weighted by Crippen LogP contribution is -2.25. The van der Waals surface area contributed by atoms with Crippen molar-refractivity contribution in [2.24, 2.45) is 0 Å². The number of nitrogens with zero attached hydrogens (tertiary/aromatic N) is 1. The Labute approximate surface area is 237 Å². The molecule has 0 bridgehead atoms. The average Bonchev–Trinajstić information content (AvgIpc) is 3.28. The highest BCUT2D eigenvalue weighted by molar-refractivity contribution is 7.56. The van der Waals surface area contributed by atoms with Gasteiger partial charge in [0, 0.05) is 19.6 Å². The Morgan fingerprint density at radius 3 is 1.50 bits per heavy atom. The molecule has 0 aromatic heterocycles. The third-order valence-corrected chi connectivity index (χ3v) is 11.3. The van der Waals surface area contributed by atoms with Crippen molar-refractivity contribution < 1.29 is 0 Å². The summed E-state index contributed by atoms with van der Waals surface area (Å²) in [6.45, 7) is 3.19. The number of hydrogen-bond donors (Lipinski definition) is 0. The number of rotatable bonds is 3. The first-order chi connectivity index (χ1) is 19.8. The molecule has 0 fully saturated rings. The summed E-state index contributed by atoms with van der Waals surface area (Å²) in [5.74, 6) is 0. The van der Waals surface area contributed by atoms with Crippen LogP contribution in [-0.4, -0.2) is 17.6 Å². The summed E-state index contributed by atoms with van der Waals surface area (Å²) < 4.78 is 0. The van der Waals surface area contributed by atoms with E-state index in [0.717, 1.165) is 19.6 Å². The molecule has 40 heavy (non-hydrogen) atoms. The minimum atomic E-state index is -0.192. The van der Waals surface area contributed by atoms with Crippen LogP contribution >= 0.6 is 7.92 Å². The molecule has 0 unspecified atom stereocenters. The minimum absolute atomic E-state index is 0.192. The highest BCUT2D eigenvalue weighted by atomic mass is 31.1. The predicted molar refractivity (Wildman–Crippen MR) is 172 cm³/mol. The van der Waals surface area contributed by atoms with E-state index in [1.54, 1.807) is 0 Å². The highest BCUT2D eigenvalue weighted by Gasteiger charge is 2.26. The molecule has 0 spiro atoms. The molecule has 0 amide bonds. The van der Waals surface area contributed by atoms with E-state index in [1.165, 1.54) is 84.5 Å². The van der Waals surface area contributed by atoms with Gasteiger partial charge in [-0.25, -0.2) is 0 Å². The Kier molecular flexibility index (Phi) is 6.02. The van der Waals surface area contributed by atoms with Crippen LogP contribution in [0, 0.1) is 0 Å². The second-order valence-corrected chi connectivity index (χ2v) is 13.8. The second-order valence-electron chi connectivity index (χ2n) is 11.4. The van der Waals surface area contributed by atoms with E-state index in [9.17, 15) is 0 Å². The number of fused-ring (bicyclic) bond motifs is 10. The van der Waals surface area contributed by atoms with Crippen LogP contribution in [0.2, 0.25) is 0 Å². The standard InChI is InChI=1S/C38H32NP/c1-7-15-35-27(9-1)17-19-31-25-40(26-32-20-18-28-10-2-8-16-36(28)38(32)37(31)35)22-21-39-23-29-11-3-5-13-33(29)34-14-6-4-12-30(34)24-39/h1-20H,21-26H2. The fourth-order valence-electron chi connectivity index (χ4n) is 7.00. The summed E-state index contributed by atoms with van der Waals surface area (Å²) in [4.78, 5) is 2.69. The van der Waals surface area contributed by atoms with Crippen molar-refractivity contribution in [3.05, 3.63) is 144 Å². The van der Waals surface area contributed by atoms with Gasteiger partial charge in [-0.3, -0.25) is 4.90 Å². The molecule has 0 saturated heterocycles. The Hall–Kier alpha value is -3.77. The lowest BCUT2D eigenvalue weighted by Gasteiger charge is -2.24. The Morgan fingerprint density at radius 1 is 0.475 bits per heavy atom. The van der Waals surface area contributed by atoms with Gasteiger partial charge in [0.15, 0.2) is 0 Å². The van der Waals surface area contributed by atoms with E-state index >= 15 is 0 Å². The SMILES string of the molecule is c1ccc2c(c1)CN(CCP1Cc3ccc4ccccc4c3-c3c(ccc4ccccc34)C1)Cc1ccccc1-2. The fourth-order valence-corrected chi connectivity index (χ4v) is 9.49. The Morgan fingerprint density at radius 2 is 0.950 bits per heavy atom. The summed E-state index contributed by atoms with van der Waals surface area (Å²) >= 11 is 0. The van der Waals surface area contributed by atoms with Crippen LogP contribution in [0.15, 0.2) is 121 Å². The average molecular weight is 534 g/mol. The summed E-state index contributed by atoms with van der Waals surface area (Å²) in [7, 11) is -0.192.